The van der Waals surface area contributed by atoms with Gasteiger partial charge in [-0.3, -0.25) is 4.79 Å². The molecule has 2 N–H and O–H groups in total. The summed E-state index contributed by atoms with van der Waals surface area (Å²) in [6, 6.07) is 4.02. The van der Waals surface area contributed by atoms with Gasteiger partial charge in [0.1, 0.15) is 11.8 Å². The van der Waals surface area contributed by atoms with Gasteiger partial charge in [0.15, 0.2) is 0 Å². The number of methoxy groups -OCH3 is 1. The summed E-state index contributed by atoms with van der Waals surface area (Å²) in [7, 11) is 1.29. The first-order chi connectivity index (χ1) is 9.36. The minimum absolute atomic E-state index is 0.0520. The second kappa shape index (κ2) is 6.93. The van der Waals surface area contributed by atoms with Gasteiger partial charge in [-0.2, -0.15) is 0 Å². The van der Waals surface area contributed by atoms with E-state index in [0.29, 0.717) is 17.5 Å². The van der Waals surface area contributed by atoms with Crippen LogP contribution in [0.1, 0.15) is 36.2 Å². The predicted octanol–water partition coefficient (Wildman–Crippen LogP) is 2.02. The van der Waals surface area contributed by atoms with Gasteiger partial charge in [0.25, 0.3) is 5.91 Å². The molecule has 0 aliphatic rings. The number of carbonyl (C=O) groups excluding carboxylic acids is 2. The summed E-state index contributed by atoms with van der Waals surface area (Å²) in [6.45, 7) is 5.57. The molecule has 0 heterocycles. The Balaban J connectivity index is 2.90. The molecule has 0 fully saturated rings. The first-order valence-corrected chi connectivity index (χ1v) is 6.54. The number of phenols is 1. The molecule has 1 unspecified atom stereocenters. The lowest BCUT2D eigenvalue weighted by molar-refractivity contribution is -0.143. The van der Waals surface area contributed by atoms with E-state index >= 15 is 0 Å². The molecule has 1 amide bonds. The fourth-order valence-electron chi connectivity index (χ4n) is 1.93. The number of benzene rings is 1. The highest BCUT2D eigenvalue weighted by molar-refractivity contribution is 5.98. The van der Waals surface area contributed by atoms with Gasteiger partial charge in [-0.25, -0.2) is 4.79 Å². The summed E-state index contributed by atoms with van der Waals surface area (Å²) >= 11 is 0. The molecule has 0 radical (unpaired) electrons. The maximum absolute atomic E-state index is 12.2. The van der Waals surface area contributed by atoms with Crippen molar-refractivity contribution >= 4 is 11.9 Å². The number of hydrogen-bond donors (Lipinski definition) is 2. The van der Waals surface area contributed by atoms with E-state index in [0.717, 1.165) is 0 Å². The summed E-state index contributed by atoms with van der Waals surface area (Å²) in [4.78, 5) is 23.9. The van der Waals surface area contributed by atoms with Crippen molar-refractivity contribution in [3.05, 3.63) is 29.3 Å². The second-order valence-corrected chi connectivity index (χ2v) is 5.13. The van der Waals surface area contributed by atoms with Crippen LogP contribution in [-0.2, 0) is 9.53 Å². The zero-order chi connectivity index (χ0) is 15.3. The molecule has 5 nitrogen and oxygen atoms in total. The smallest absolute Gasteiger partial charge is 0.328 e. The molecule has 1 aromatic carbocycles. The number of rotatable bonds is 5. The zero-order valence-electron chi connectivity index (χ0n) is 12.3. The normalized spacial score (nSPS) is 12.1. The summed E-state index contributed by atoms with van der Waals surface area (Å²) in [5, 5.41) is 12.3. The largest absolute Gasteiger partial charge is 0.508 e. The topological polar surface area (TPSA) is 75.6 Å². The average Bonchev–Trinajstić information content (AvgIpc) is 2.39. The summed E-state index contributed by atoms with van der Waals surface area (Å²) in [6.07, 6.45) is 0.496. The van der Waals surface area contributed by atoms with E-state index in [1.807, 2.05) is 13.8 Å². The van der Waals surface area contributed by atoms with E-state index in [-0.39, 0.29) is 11.7 Å². The third-order valence-electron chi connectivity index (χ3n) is 3.05. The van der Waals surface area contributed by atoms with Gasteiger partial charge in [0.05, 0.1) is 7.11 Å². The molecule has 0 aliphatic carbocycles. The summed E-state index contributed by atoms with van der Waals surface area (Å²) < 4.78 is 4.70. The Bertz CT molecular complexity index is 497. The molecule has 0 saturated heterocycles. The van der Waals surface area contributed by atoms with Crippen LogP contribution in [0.5, 0.6) is 5.75 Å². The number of hydrogen-bond acceptors (Lipinski definition) is 4. The highest BCUT2D eigenvalue weighted by atomic mass is 16.5. The van der Waals surface area contributed by atoms with Crippen molar-refractivity contribution in [3.63, 3.8) is 0 Å². The molecule has 1 rings (SSSR count). The Morgan fingerprint density at radius 1 is 1.35 bits per heavy atom. The van der Waals surface area contributed by atoms with E-state index < -0.39 is 17.9 Å². The maximum Gasteiger partial charge on any atom is 0.328 e. The Hall–Kier alpha value is -2.04. The minimum Gasteiger partial charge on any atom is -0.508 e. The van der Waals surface area contributed by atoms with E-state index in [1.165, 1.54) is 13.2 Å². The number of amides is 1. The zero-order valence-corrected chi connectivity index (χ0v) is 12.3. The molecule has 0 bridgehead atoms. The molecular formula is C15H21NO4. The van der Waals surface area contributed by atoms with Crippen molar-refractivity contribution in [2.45, 2.75) is 33.2 Å². The number of carbonyl (C=O) groups is 2. The van der Waals surface area contributed by atoms with Crippen molar-refractivity contribution in [3.8, 4) is 5.75 Å². The fourth-order valence-corrected chi connectivity index (χ4v) is 1.93. The Morgan fingerprint density at radius 2 is 2.00 bits per heavy atom. The first kappa shape index (κ1) is 16.0. The molecule has 0 aliphatic heterocycles. The molecule has 0 saturated carbocycles. The molecule has 1 atom stereocenters. The van der Waals surface area contributed by atoms with Gasteiger partial charge in [-0.05, 0) is 31.4 Å². The van der Waals surface area contributed by atoms with Crippen molar-refractivity contribution in [1.29, 1.82) is 0 Å². The molecule has 1 aromatic rings. The number of aromatic hydroxyl groups is 1. The third-order valence-corrected chi connectivity index (χ3v) is 3.05. The van der Waals surface area contributed by atoms with Crippen LogP contribution in [0.25, 0.3) is 0 Å². The number of nitrogens with one attached hydrogen (secondary N) is 1. The van der Waals surface area contributed by atoms with Crippen LogP contribution in [0.3, 0.4) is 0 Å². The van der Waals surface area contributed by atoms with E-state index in [4.69, 9.17) is 4.74 Å². The van der Waals surface area contributed by atoms with Crippen molar-refractivity contribution in [2.75, 3.05) is 7.11 Å². The first-order valence-electron chi connectivity index (χ1n) is 6.54. The van der Waals surface area contributed by atoms with Gasteiger partial charge in [0.2, 0.25) is 0 Å². The lowest BCUT2D eigenvalue weighted by Gasteiger charge is -2.19. The van der Waals surface area contributed by atoms with Crippen LogP contribution in [0.15, 0.2) is 18.2 Å². The van der Waals surface area contributed by atoms with Crippen LogP contribution >= 0.6 is 0 Å². The molecular weight excluding hydrogens is 258 g/mol. The van der Waals surface area contributed by atoms with Crippen LogP contribution in [0.2, 0.25) is 0 Å². The third kappa shape index (κ3) is 3.98. The monoisotopic (exact) mass is 279 g/mol. The van der Waals surface area contributed by atoms with Crippen LogP contribution in [0.4, 0.5) is 0 Å². The van der Waals surface area contributed by atoms with Gasteiger partial charge >= 0.3 is 5.97 Å². The molecule has 110 valence electrons. The lowest BCUT2D eigenvalue weighted by Crippen LogP contribution is -2.42. The summed E-state index contributed by atoms with van der Waals surface area (Å²) in [5.74, 6) is -0.569. The summed E-state index contributed by atoms with van der Waals surface area (Å²) in [5.41, 5.74) is 0.834. The minimum atomic E-state index is -0.686. The Morgan fingerprint density at radius 3 is 2.55 bits per heavy atom. The van der Waals surface area contributed by atoms with Crippen molar-refractivity contribution < 1.29 is 19.4 Å². The molecule has 0 aromatic heterocycles. The van der Waals surface area contributed by atoms with Gasteiger partial charge in [-0.15, -0.1) is 0 Å². The van der Waals surface area contributed by atoms with Gasteiger partial charge in [0, 0.05) is 11.1 Å². The maximum atomic E-state index is 12.2. The average molecular weight is 279 g/mol. The SMILES string of the molecule is COC(=O)C(CC(C)C)NC(=O)c1cccc(O)c1C. The van der Waals surface area contributed by atoms with Crippen molar-refractivity contribution in [1.82, 2.24) is 5.32 Å². The van der Waals surface area contributed by atoms with Crippen LogP contribution < -0.4 is 5.32 Å². The molecule has 5 heteroatoms. The number of phenolic OH excluding ortho intramolecular Hbond substituents is 1. The molecule has 0 spiro atoms. The quantitative estimate of drug-likeness (QED) is 0.808. The van der Waals surface area contributed by atoms with Crippen molar-refractivity contribution in [2.24, 2.45) is 5.92 Å². The van der Waals surface area contributed by atoms with Gasteiger partial charge < -0.3 is 15.2 Å². The number of esters is 1. The van der Waals surface area contributed by atoms with Crippen LogP contribution in [-0.4, -0.2) is 30.1 Å². The highest BCUT2D eigenvalue weighted by Crippen LogP contribution is 2.19. The molecule has 20 heavy (non-hydrogen) atoms. The van der Waals surface area contributed by atoms with E-state index in [9.17, 15) is 14.7 Å². The Kier molecular flexibility index (Phi) is 5.55. The highest BCUT2D eigenvalue weighted by Gasteiger charge is 2.24. The Labute approximate surface area is 118 Å². The predicted molar refractivity (Wildman–Crippen MR) is 75.6 cm³/mol. The lowest BCUT2D eigenvalue weighted by atomic mass is 10.0. The number of ether oxygens (including phenoxy) is 1. The fraction of sp³-hybridized carbons (Fsp3) is 0.467. The standard InChI is InChI=1S/C15H21NO4/c1-9(2)8-12(15(19)20-4)16-14(18)11-6-5-7-13(17)10(11)3/h5-7,9,12,17H,8H2,1-4H3,(H,16,18). The van der Waals surface area contributed by atoms with E-state index in [1.54, 1.807) is 19.1 Å². The van der Waals surface area contributed by atoms with Gasteiger partial charge in [-0.1, -0.05) is 19.9 Å². The van der Waals surface area contributed by atoms with E-state index in [2.05, 4.69) is 5.32 Å². The second-order valence-electron chi connectivity index (χ2n) is 5.13. The van der Waals surface area contributed by atoms with Crippen LogP contribution in [0, 0.1) is 12.8 Å².